The maximum atomic E-state index is 12.2. The summed E-state index contributed by atoms with van der Waals surface area (Å²) in [6, 6.07) is 10.9. The molecule has 4 heterocycles. The van der Waals surface area contributed by atoms with E-state index in [1.165, 1.54) is 7.11 Å². The number of hydrogen-bond donors (Lipinski definition) is 2. The monoisotopic (exact) mass is 375 g/mol. The second-order valence-electron chi connectivity index (χ2n) is 6.05. The lowest BCUT2D eigenvalue weighted by atomic mass is 10.1. The largest absolute Gasteiger partial charge is 0.368 e. The molecule has 0 radical (unpaired) electrons. The molecule has 3 N–H and O–H groups in total. The van der Waals surface area contributed by atoms with Gasteiger partial charge in [-0.3, -0.25) is 19.0 Å². The van der Waals surface area contributed by atoms with E-state index in [1.54, 1.807) is 35.0 Å². The van der Waals surface area contributed by atoms with Gasteiger partial charge >= 0.3 is 0 Å². The number of imidazole rings is 1. The maximum Gasteiger partial charge on any atom is 0.276 e. The van der Waals surface area contributed by atoms with E-state index in [9.17, 15) is 4.79 Å². The number of hydroxylamine groups is 1. The summed E-state index contributed by atoms with van der Waals surface area (Å²) >= 11 is 0. The molecule has 0 bridgehead atoms. The summed E-state index contributed by atoms with van der Waals surface area (Å²) in [5, 5.41) is 0. The molecule has 28 heavy (non-hydrogen) atoms. The molecule has 0 fully saturated rings. The van der Waals surface area contributed by atoms with Crippen molar-refractivity contribution < 1.29 is 9.63 Å². The van der Waals surface area contributed by atoms with Gasteiger partial charge in [0.15, 0.2) is 0 Å². The SMILES string of the molecule is CONC(=O)c1ccc2nc(-c3cccc(C)n3)c(-c3ccnc(N)n3)n2c1. The normalized spacial score (nSPS) is 10.9. The molecule has 0 saturated heterocycles. The fourth-order valence-electron chi connectivity index (χ4n) is 2.93. The fraction of sp³-hybridized carbons (Fsp3) is 0.105. The van der Waals surface area contributed by atoms with Crippen molar-refractivity contribution in [2.75, 3.05) is 12.8 Å². The van der Waals surface area contributed by atoms with Crippen LogP contribution < -0.4 is 11.2 Å². The molecule has 140 valence electrons. The van der Waals surface area contributed by atoms with Crippen LogP contribution in [0.1, 0.15) is 16.1 Å². The van der Waals surface area contributed by atoms with Gasteiger partial charge in [0.1, 0.15) is 17.0 Å². The smallest absolute Gasteiger partial charge is 0.276 e. The molecular formula is C19H17N7O2. The minimum absolute atomic E-state index is 0.142. The molecule has 9 heteroatoms. The van der Waals surface area contributed by atoms with E-state index in [4.69, 9.17) is 15.6 Å². The second kappa shape index (κ2) is 7.05. The van der Waals surface area contributed by atoms with Crippen molar-refractivity contribution >= 4 is 17.5 Å². The number of pyridine rings is 2. The molecule has 0 saturated carbocycles. The Labute approximate surface area is 160 Å². The summed E-state index contributed by atoms with van der Waals surface area (Å²) < 4.78 is 1.78. The number of nitrogens with zero attached hydrogens (tertiary/aromatic N) is 5. The Bertz CT molecular complexity index is 1190. The summed E-state index contributed by atoms with van der Waals surface area (Å²) in [6.45, 7) is 1.91. The van der Waals surface area contributed by atoms with E-state index in [2.05, 4.69) is 20.4 Å². The number of fused-ring (bicyclic) bond motifs is 1. The lowest BCUT2D eigenvalue weighted by Crippen LogP contribution is -2.22. The highest BCUT2D eigenvalue weighted by Crippen LogP contribution is 2.31. The van der Waals surface area contributed by atoms with Crippen LogP contribution in [0.2, 0.25) is 0 Å². The maximum absolute atomic E-state index is 12.2. The molecule has 9 nitrogen and oxygen atoms in total. The summed E-state index contributed by atoms with van der Waals surface area (Å²) in [4.78, 5) is 34.5. The standard InChI is InChI=1S/C19H17N7O2/c1-11-4-3-5-13(22-11)16-17(14-8-9-21-19(20)23-14)26-10-12(18(27)25-28-2)6-7-15(26)24-16/h3-10H,1-2H3,(H,25,27)(H2,20,21,23). The van der Waals surface area contributed by atoms with Gasteiger partial charge in [-0.1, -0.05) is 6.07 Å². The number of carbonyl (C=O) groups excluding carboxylic acids is 1. The first-order valence-electron chi connectivity index (χ1n) is 8.45. The van der Waals surface area contributed by atoms with Crippen molar-refractivity contribution in [2.45, 2.75) is 6.92 Å². The quantitative estimate of drug-likeness (QED) is 0.524. The Morgan fingerprint density at radius 1 is 1.11 bits per heavy atom. The molecule has 4 aromatic heterocycles. The average Bonchev–Trinajstić information content (AvgIpc) is 3.07. The Hall–Kier alpha value is -3.85. The third kappa shape index (κ3) is 3.14. The van der Waals surface area contributed by atoms with Crippen LogP contribution in [0.5, 0.6) is 0 Å². The summed E-state index contributed by atoms with van der Waals surface area (Å²) in [5.41, 5.74) is 12.6. The summed E-state index contributed by atoms with van der Waals surface area (Å²) in [6.07, 6.45) is 3.25. The number of aromatic nitrogens is 5. The topological polar surface area (TPSA) is 120 Å². The fourth-order valence-corrected chi connectivity index (χ4v) is 2.93. The van der Waals surface area contributed by atoms with Gasteiger partial charge in [-0.15, -0.1) is 0 Å². The van der Waals surface area contributed by atoms with E-state index < -0.39 is 0 Å². The van der Waals surface area contributed by atoms with Crippen LogP contribution in [-0.2, 0) is 4.84 Å². The zero-order valence-corrected chi connectivity index (χ0v) is 15.2. The minimum Gasteiger partial charge on any atom is -0.368 e. The molecule has 0 atom stereocenters. The Morgan fingerprint density at radius 2 is 1.96 bits per heavy atom. The van der Waals surface area contributed by atoms with Gasteiger partial charge in [0, 0.05) is 18.1 Å². The van der Waals surface area contributed by atoms with Gasteiger partial charge in [-0.2, -0.15) is 0 Å². The van der Waals surface area contributed by atoms with Crippen LogP contribution in [0.3, 0.4) is 0 Å². The molecule has 0 spiro atoms. The molecule has 4 aromatic rings. The molecule has 4 rings (SSSR count). The predicted octanol–water partition coefficient (Wildman–Crippen LogP) is 2.04. The highest BCUT2D eigenvalue weighted by Gasteiger charge is 2.20. The molecule has 0 unspecified atom stereocenters. The summed E-state index contributed by atoms with van der Waals surface area (Å²) in [5.74, 6) is -0.231. The van der Waals surface area contributed by atoms with Crippen molar-refractivity contribution in [3.63, 3.8) is 0 Å². The third-order valence-corrected chi connectivity index (χ3v) is 4.12. The number of nitrogens with one attached hydrogen (secondary N) is 1. The third-order valence-electron chi connectivity index (χ3n) is 4.12. The number of nitrogen functional groups attached to an aromatic ring is 1. The van der Waals surface area contributed by atoms with Crippen molar-refractivity contribution in [1.29, 1.82) is 0 Å². The number of rotatable bonds is 4. The van der Waals surface area contributed by atoms with Crippen LogP contribution in [0.4, 0.5) is 5.95 Å². The van der Waals surface area contributed by atoms with Crippen molar-refractivity contribution in [3.8, 4) is 22.8 Å². The lowest BCUT2D eigenvalue weighted by Gasteiger charge is -2.07. The van der Waals surface area contributed by atoms with Gasteiger partial charge < -0.3 is 5.73 Å². The van der Waals surface area contributed by atoms with Gasteiger partial charge in [-0.05, 0) is 37.3 Å². The predicted molar refractivity (Wildman–Crippen MR) is 103 cm³/mol. The minimum atomic E-state index is -0.374. The van der Waals surface area contributed by atoms with E-state index in [1.807, 2.05) is 25.1 Å². The zero-order valence-electron chi connectivity index (χ0n) is 15.2. The molecule has 0 aromatic carbocycles. The van der Waals surface area contributed by atoms with E-state index >= 15 is 0 Å². The van der Waals surface area contributed by atoms with Crippen LogP contribution in [0.15, 0.2) is 48.8 Å². The van der Waals surface area contributed by atoms with E-state index in [0.29, 0.717) is 34.0 Å². The van der Waals surface area contributed by atoms with Crippen LogP contribution >= 0.6 is 0 Å². The van der Waals surface area contributed by atoms with Gasteiger partial charge in [0.2, 0.25) is 5.95 Å². The number of nitrogens with two attached hydrogens (primary N) is 1. The Morgan fingerprint density at radius 3 is 2.71 bits per heavy atom. The molecule has 0 aliphatic carbocycles. The van der Waals surface area contributed by atoms with Crippen LogP contribution in [-0.4, -0.2) is 37.4 Å². The number of aryl methyl sites for hydroxylation is 1. The average molecular weight is 375 g/mol. The molecular weight excluding hydrogens is 358 g/mol. The zero-order chi connectivity index (χ0) is 19.7. The van der Waals surface area contributed by atoms with Crippen LogP contribution in [0, 0.1) is 6.92 Å². The number of hydrogen-bond acceptors (Lipinski definition) is 7. The molecule has 0 aliphatic rings. The van der Waals surface area contributed by atoms with Gasteiger partial charge in [-0.25, -0.2) is 20.4 Å². The Kier molecular flexibility index (Phi) is 4.42. The highest BCUT2D eigenvalue weighted by atomic mass is 16.6. The van der Waals surface area contributed by atoms with Crippen molar-refractivity contribution in [1.82, 2.24) is 29.8 Å². The number of carbonyl (C=O) groups is 1. The van der Waals surface area contributed by atoms with Crippen molar-refractivity contribution in [2.24, 2.45) is 0 Å². The van der Waals surface area contributed by atoms with E-state index in [-0.39, 0.29) is 11.9 Å². The first-order valence-corrected chi connectivity index (χ1v) is 8.45. The second-order valence-corrected chi connectivity index (χ2v) is 6.05. The Balaban J connectivity index is 2.00. The number of anilines is 1. The van der Waals surface area contributed by atoms with E-state index in [0.717, 1.165) is 5.69 Å². The van der Waals surface area contributed by atoms with Crippen LogP contribution in [0.25, 0.3) is 28.4 Å². The van der Waals surface area contributed by atoms with Gasteiger partial charge in [0.25, 0.3) is 5.91 Å². The summed E-state index contributed by atoms with van der Waals surface area (Å²) in [7, 11) is 1.38. The molecule has 1 amide bonds. The highest BCUT2D eigenvalue weighted by molar-refractivity contribution is 5.94. The lowest BCUT2D eigenvalue weighted by molar-refractivity contribution is 0.0537. The first-order chi connectivity index (χ1) is 13.6. The molecule has 0 aliphatic heterocycles. The first kappa shape index (κ1) is 17.6. The number of amides is 1. The van der Waals surface area contributed by atoms with Gasteiger partial charge in [0.05, 0.1) is 24.1 Å². The van der Waals surface area contributed by atoms with Crippen molar-refractivity contribution in [3.05, 3.63) is 60.0 Å².